The van der Waals surface area contributed by atoms with Gasteiger partial charge in [0, 0.05) is 38.0 Å². The molecule has 0 unspecified atom stereocenters. The van der Waals surface area contributed by atoms with Crippen LogP contribution >= 0.6 is 22.9 Å². The molecule has 1 saturated heterocycles. The number of halogens is 3. The van der Waals surface area contributed by atoms with Gasteiger partial charge in [0.2, 0.25) is 5.28 Å². The van der Waals surface area contributed by atoms with Crippen molar-refractivity contribution < 1.29 is 8.78 Å². The zero-order valence-electron chi connectivity index (χ0n) is 17.3. The zero-order valence-corrected chi connectivity index (χ0v) is 18.9. The molecule has 0 atom stereocenters. The Hall–Kier alpha value is -1.12. The van der Waals surface area contributed by atoms with E-state index in [2.05, 4.69) is 32.1 Å². The number of aromatic nitrogens is 3. The number of alkyl halides is 2. The van der Waals surface area contributed by atoms with Gasteiger partial charge in [0.1, 0.15) is 5.52 Å². The second-order valence-corrected chi connectivity index (χ2v) is 8.90. The average molecular weight is 446 g/mol. The lowest BCUT2D eigenvalue weighted by atomic mass is 9.89. The van der Waals surface area contributed by atoms with Crippen LogP contribution in [0.3, 0.4) is 0 Å². The van der Waals surface area contributed by atoms with Crippen LogP contribution < -0.4 is 5.32 Å². The molecule has 1 saturated carbocycles. The lowest BCUT2D eigenvalue weighted by molar-refractivity contribution is -0.0657. The number of anilines is 1. The van der Waals surface area contributed by atoms with E-state index in [1.54, 1.807) is 11.3 Å². The molecule has 2 aromatic heterocycles. The Morgan fingerprint density at radius 2 is 1.76 bits per heavy atom. The molecule has 5 nitrogen and oxygen atoms in total. The van der Waals surface area contributed by atoms with Crippen LogP contribution in [0.2, 0.25) is 5.28 Å². The number of piperidine rings is 1. The first-order valence-electron chi connectivity index (χ1n) is 10.6. The maximum Gasteiger partial charge on any atom is 0.250 e. The van der Waals surface area contributed by atoms with Gasteiger partial charge in [-0.2, -0.15) is 4.98 Å². The Labute approximate surface area is 180 Å². The van der Waals surface area contributed by atoms with Gasteiger partial charge >= 0.3 is 0 Å². The molecule has 0 bridgehead atoms. The highest BCUT2D eigenvalue weighted by Crippen LogP contribution is 2.34. The summed E-state index contributed by atoms with van der Waals surface area (Å²) in [6, 6.07) is 0.715. The minimum atomic E-state index is -2.47. The van der Waals surface area contributed by atoms with Gasteiger partial charge in [-0.05, 0) is 43.7 Å². The van der Waals surface area contributed by atoms with Gasteiger partial charge in [0.05, 0.1) is 5.01 Å². The maximum absolute atomic E-state index is 13.4. The number of fused-ring (bicyclic) bond motifs is 1. The molecule has 3 heterocycles. The van der Waals surface area contributed by atoms with Crippen molar-refractivity contribution in [3.05, 3.63) is 10.3 Å². The van der Waals surface area contributed by atoms with E-state index in [-0.39, 0.29) is 18.1 Å². The van der Waals surface area contributed by atoms with Crippen molar-refractivity contribution >= 4 is 39.1 Å². The Balaban J connectivity index is 0.00000117. The van der Waals surface area contributed by atoms with E-state index in [4.69, 9.17) is 11.6 Å². The number of nitrogens with zero attached hydrogens (tertiary/aromatic N) is 4. The third kappa shape index (κ3) is 5.52. The molecular weight excluding hydrogens is 416 g/mol. The Bertz CT molecular complexity index is 798. The summed E-state index contributed by atoms with van der Waals surface area (Å²) in [6.07, 6.45) is 4.86. The number of likely N-dealkylation sites (tertiary alicyclic amines) is 1. The molecule has 2 aromatic rings. The summed E-state index contributed by atoms with van der Waals surface area (Å²) in [4.78, 5) is 16.3. The predicted molar refractivity (Wildman–Crippen MR) is 116 cm³/mol. The summed E-state index contributed by atoms with van der Waals surface area (Å²) >= 11 is 7.64. The van der Waals surface area contributed by atoms with E-state index in [0.29, 0.717) is 31.0 Å². The molecular formula is C20H30ClF2N5S. The van der Waals surface area contributed by atoms with Gasteiger partial charge < -0.3 is 5.32 Å². The normalized spacial score (nSPS) is 24.8. The van der Waals surface area contributed by atoms with Gasteiger partial charge in [0.15, 0.2) is 10.6 Å². The summed E-state index contributed by atoms with van der Waals surface area (Å²) in [5, 5.41) is 4.77. The van der Waals surface area contributed by atoms with Gasteiger partial charge in [-0.15, -0.1) is 0 Å². The minimum absolute atomic E-state index is 0.00776. The topological polar surface area (TPSA) is 53.9 Å². The number of aryl methyl sites for hydroxylation is 1. The Morgan fingerprint density at radius 3 is 2.38 bits per heavy atom. The highest BCUT2D eigenvalue weighted by atomic mass is 35.5. The first kappa shape index (κ1) is 22.6. The Morgan fingerprint density at radius 1 is 1.10 bits per heavy atom. The van der Waals surface area contributed by atoms with Crippen LogP contribution in [-0.2, 0) is 6.42 Å². The van der Waals surface area contributed by atoms with E-state index in [9.17, 15) is 8.78 Å². The largest absolute Gasteiger partial charge is 0.365 e. The fourth-order valence-electron chi connectivity index (χ4n) is 4.09. The van der Waals surface area contributed by atoms with Crippen molar-refractivity contribution in [3.8, 4) is 0 Å². The number of hydrogen-bond donors (Lipinski definition) is 1. The third-order valence-electron chi connectivity index (χ3n) is 5.66. The molecule has 162 valence electrons. The summed E-state index contributed by atoms with van der Waals surface area (Å²) < 4.78 is 26.7. The second kappa shape index (κ2) is 9.79. The fourth-order valence-corrected chi connectivity index (χ4v) is 5.18. The molecule has 1 aliphatic heterocycles. The summed E-state index contributed by atoms with van der Waals surface area (Å²) in [5.41, 5.74) is 0.793. The SMILES string of the molecule is CC.CCc1nc2c(NC3CCC(N4CCC(F)(F)CC4)CC3)nc(Cl)nc2s1. The van der Waals surface area contributed by atoms with Crippen LogP contribution in [0.4, 0.5) is 14.6 Å². The molecule has 1 N–H and O–H groups in total. The van der Waals surface area contributed by atoms with Gasteiger partial charge in [-0.25, -0.2) is 18.7 Å². The van der Waals surface area contributed by atoms with Crippen LogP contribution in [0.25, 0.3) is 10.3 Å². The average Bonchev–Trinajstić information content (AvgIpc) is 3.13. The predicted octanol–water partition coefficient (Wildman–Crippen LogP) is 5.78. The molecule has 29 heavy (non-hydrogen) atoms. The van der Waals surface area contributed by atoms with E-state index in [0.717, 1.165) is 47.5 Å². The zero-order chi connectivity index (χ0) is 21.0. The van der Waals surface area contributed by atoms with E-state index >= 15 is 0 Å². The monoisotopic (exact) mass is 445 g/mol. The number of nitrogens with one attached hydrogen (secondary N) is 1. The molecule has 0 amide bonds. The summed E-state index contributed by atoms with van der Waals surface area (Å²) in [6.45, 7) is 7.09. The Kier molecular flexibility index (Phi) is 7.62. The van der Waals surface area contributed by atoms with Crippen molar-refractivity contribution in [2.45, 2.75) is 83.7 Å². The van der Waals surface area contributed by atoms with Crippen LogP contribution in [0.5, 0.6) is 0 Å². The second-order valence-electron chi connectivity index (χ2n) is 7.50. The quantitative estimate of drug-likeness (QED) is 0.604. The van der Waals surface area contributed by atoms with Crippen molar-refractivity contribution in [3.63, 3.8) is 0 Å². The van der Waals surface area contributed by atoms with Gasteiger partial charge in [-0.1, -0.05) is 32.1 Å². The van der Waals surface area contributed by atoms with E-state index in [1.807, 2.05) is 13.8 Å². The smallest absolute Gasteiger partial charge is 0.250 e. The molecule has 9 heteroatoms. The van der Waals surface area contributed by atoms with Crippen LogP contribution in [-0.4, -0.2) is 50.9 Å². The van der Waals surface area contributed by atoms with Gasteiger partial charge in [-0.3, -0.25) is 4.90 Å². The minimum Gasteiger partial charge on any atom is -0.365 e. The van der Waals surface area contributed by atoms with Crippen LogP contribution in [0.1, 0.15) is 64.3 Å². The lowest BCUT2D eigenvalue weighted by Gasteiger charge is -2.40. The van der Waals surface area contributed by atoms with Crippen molar-refractivity contribution in [1.82, 2.24) is 19.9 Å². The lowest BCUT2D eigenvalue weighted by Crippen LogP contribution is -2.47. The molecule has 2 aliphatic rings. The maximum atomic E-state index is 13.4. The van der Waals surface area contributed by atoms with E-state index in [1.165, 1.54) is 0 Å². The molecule has 0 spiro atoms. The van der Waals surface area contributed by atoms with Crippen molar-refractivity contribution in [2.24, 2.45) is 0 Å². The highest BCUT2D eigenvalue weighted by molar-refractivity contribution is 7.18. The van der Waals surface area contributed by atoms with Gasteiger partial charge in [0.25, 0.3) is 5.92 Å². The summed E-state index contributed by atoms with van der Waals surface area (Å²) in [5.74, 6) is -1.76. The number of thiazole rings is 1. The standard InChI is InChI=1S/C18H24ClF2N5S.C2H6/c1-2-13-23-14-15(24-17(19)25-16(14)27-13)22-11-3-5-12(6-4-11)26-9-7-18(20,21)8-10-26;1-2/h11-12H,2-10H2,1H3,(H,22,24,25);1-2H3. The van der Waals surface area contributed by atoms with E-state index < -0.39 is 5.92 Å². The molecule has 4 rings (SSSR count). The molecule has 0 radical (unpaired) electrons. The summed E-state index contributed by atoms with van der Waals surface area (Å²) in [7, 11) is 0. The first-order valence-corrected chi connectivity index (χ1v) is 11.8. The molecule has 0 aromatic carbocycles. The van der Waals surface area contributed by atoms with Crippen molar-refractivity contribution in [1.29, 1.82) is 0 Å². The highest BCUT2D eigenvalue weighted by Gasteiger charge is 2.37. The van der Waals surface area contributed by atoms with Crippen LogP contribution in [0, 0.1) is 0 Å². The fraction of sp³-hybridized carbons (Fsp3) is 0.750. The number of hydrogen-bond acceptors (Lipinski definition) is 6. The molecule has 2 fully saturated rings. The van der Waals surface area contributed by atoms with Crippen LogP contribution in [0.15, 0.2) is 0 Å². The van der Waals surface area contributed by atoms with Crippen molar-refractivity contribution in [2.75, 3.05) is 18.4 Å². The third-order valence-corrected chi connectivity index (χ3v) is 6.92. The molecule has 1 aliphatic carbocycles. The number of rotatable bonds is 4. The first-order chi connectivity index (χ1) is 13.9.